The predicted molar refractivity (Wildman–Crippen MR) is 80.3 cm³/mol. The van der Waals surface area contributed by atoms with Gasteiger partial charge in [-0.1, -0.05) is 12.1 Å². The van der Waals surface area contributed by atoms with Gasteiger partial charge in [0.05, 0.1) is 16.6 Å². The highest BCUT2D eigenvalue weighted by Gasteiger charge is 2.20. The second-order valence-corrected chi connectivity index (χ2v) is 5.66. The average Bonchev–Trinajstić information content (AvgIpc) is 2.71. The maximum Gasteiger partial charge on any atom is 0.239 e. The first-order valence-corrected chi connectivity index (χ1v) is 6.87. The summed E-state index contributed by atoms with van der Waals surface area (Å²) in [5.41, 5.74) is 7.04. The normalized spacial score (nSPS) is 11.8. The minimum absolute atomic E-state index is 0.123. The Kier molecular flexibility index (Phi) is 4.09. The van der Waals surface area contributed by atoms with Crippen molar-refractivity contribution in [3.63, 3.8) is 0 Å². The summed E-state index contributed by atoms with van der Waals surface area (Å²) in [4.78, 5) is 16.2. The Bertz CT molecular complexity index is 610. The van der Waals surface area contributed by atoms with Gasteiger partial charge in [0.25, 0.3) is 0 Å². The third-order valence-corrected chi connectivity index (χ3v) is 3.33. The molecule has 0 aliphatic rings. The number of carbonyl (C=O) groups excluding carboxylic acids is 1. The number of hydrogen-bond acceptors (Lipinski definition) is 3. The SMILES string of the molecule is Cn1c(CCCNC(=O)C(C)(C)N)nc2ccccc21. The molecule has 0 aliphatic heterocycles. The lowest BCUT2D eigenvalue weighted by Gasteiger charge is -2.17. The smallest absolute Gasteiger partial charge is 0.239 e. The van der Waals surface area contributed by atoms with Crippen molar-refractivity contribution >= 4 is 16.9 Å². The molecule has 0 saturated carbocycles. The summed E-state index contributed by atoms with van der Waals surface area (Å²) in [5.74, 6) is 0.912. The summed E-state index contributed by atoms with van der Waals surface area (Å²) < 4.78 is 2.10. The number of aryl methyl sites for hydroxylation is 2. The van der Waals surface area contributed by atoms with Crippen LogP contribution in [-0.4, -0.2) is 27.5 Å². The lowest BCUT2D eigenvalue weighted by molar-refractivity contribution is -0.125. The molecule has 0 fully saturated rings. The molecule has 0 saturated heterocycles. The highest BCUT2D eigenvalue weighted by Crippen LogP contribution is 2.15. The zero-order valence-electron chi connectivity index (χ0n) is 12.3. The Labute approximate surface area is 119 Å². The quantitative estimate of drug-likeness (QED) is 0.809. The van der Waals surface area contributed by atoms with Gasteiger partial charge >= 0.3 is 0 Å². The van der Waals surface area contributed by atoms with Gasteiger partial charge in [-0.2, -0.15) is 0 Å². The van der Waals surface area contributed by atoms with Crippen LogP contribution in [0.5, 0.6) is 0 Å². The Morgan fingerprint density at radius 2 is 2.10 bits per heavy atom. The number of aromatic nitrogens is 2. The lowest BCUT2D eigenvalue weighted by Crippen LogP contribution is -2.49. The molecule has 5 heteroatoms. The molecular weight excluding hydrogens is 252 g/mol. The standard InChI is InChI=1S/C15H22N4O/c1-15(2,16)14(20)17-10-6-9-13-18-11-7-4-5-8-12(11)19(13)3/h4-5,7-8H,6,9-10,16H2,1-3H3,(H,17,20). The number of nitrogens with zero attached hydrogens (tertiary/aromatic N) is 2. The van der Waals surface area contributed by atoms with Gasteiger partial charge in [0.1, 0.15) is 5.82 Å². The zero-order chi connectivity index (χ0) is 14.8. The van der Waals surface area contributed by atoms with Crippen molar-refractivity contribution in [1.82, 2.24) is 14.9 Å². The topological polar surface area (TPSA) is 72.9 Å². The van der Waals surface area contributed by atoms with E-state index in [0.29, 0.717) is 6.54 Å². The van der Waals surface area contributed by atoms with Gasteiger partial charge in [-0.15, -0.1) is 0 Å². The number of nitrogens with two attached hydrogens (primary N) is 1. The van der Waals surface area contributed by atoms with E-state index < -0.39 is 5.54 Å². The van der Waals surface area contributed by atoms with E-state index in [1.165, 1.54) is 0 Å². The molecular formula is C15H22N4O. The van der Waals surface area contributed by atoms with Gasteiger partial charge in [-0.3, -0.25) is 4.79 Å². The molecule has 0 unspecified atom stereocenters. The highest BCUT2D eigenvalue weighted by molar-refractivity contribution is 5.84. The molecule has 108 valence electrons. The van der Waals surface area contributed by atoms with E-state index >= 15 is 0 Å². The number of carbonyl (C=O) groups is 1. The molecule has 2 rings (SSSR count). The van der Waals surface area contributed by atoms with Crippen molar-refractivity contribution in [1.29, 1.82) is 0 Å². The second-order valence-electron chi connectivity index (χ2n) is 5.66. The van der Waals surface area contributed by atoms with Gasteiger partial charge in [-0.05, 0) is 32.4 Å². The van der Waals surface area contributed by atoms with Crippen LogP contribution in [-0.2, 0) is 18.3 Å². The van der Waals surface area contributed by atoms with Crippen molar-refractivity contribution in [2.24, 2.45) is 12.8 Å². The van der Waals surface area contributed by atoms with E-state index in [4.69, 9.17) is 5.73 Å². The predicted octanol–water partition coefficient (Wildman–Crippen LogP) is 1.36. The molecule has 2 aromatic rings. The molecule has 1 heterocycles. The minimum atomic E-state index is -0.822. The van der Waals surface area contributed by atoms with Crippen molar-refractivity contribution in [3.05, 3.63) is 30.1 Å². The number of fused-ring (bicyclic) bond motifs is 1. The second kappa shape index (κ2) is 5.63. The summed E-state index contributed by atoms with van der Waals surface area (Å²) in [6, 6.07) is 8.07. The van der Waals surface area contributed by atoms with Crippen molar-refractivity contribution < 1.29 is 4.79 Å². The van der Waals surface area contributed by atoms with Crippen LogP contribution < -0.4 is 11.1 Å². The number of hydrogen-bond donors (Lipinski definition) is 2. The summed E-state index contributed by atoms with van der Waals surface area (Å²) >= 11 is 0. The van der Waals surface area contributed by atoms with Gasteiger partial charge in [0.2, 0.25) is 5.91 Å². The number of para-hydroxylation sites is 2. The molecule has 3 N–H and O–H groups in total. The number of nitrogens with one attached hydrogen (secondary N) is 1. The monoisotopic (exact) mass is 274 g/mol. The van der Waals surface area contributed by atoms with E-state index in [1.807, 2.05) is 25.2 Å². The van der Waals surface area contributed by atoms with Crippen LogP contribution in [0.2, 0.25) is 0 Å². The molecule has 0 radical (unpaired) electrons. The fourth-order valence-corrected chi connectivity index (χ4v) is 2.10. The number of benzene rings is 1. The van der Waals surface area contributed by atoms with Gasteiger partial charge < -0.3 is 15.6 Å². The third kappa shape index (κ3) is 3.17. The summed E-state index contributed by atoms with van der Waals surface area (Å²) in [5, 5.41) is 2.85. The Morgan fingerprint density at radius 1 is 1.40 bits per heavy atom. The fraction of sp³-hybridized carbons (Fsp3) is 0.467. The van der Waals surface area contributed by atoms with Crippen molar-refractivity contribution in [2.75, 3.05) is 6.54 Å². The largest absolute Gasteiger partial charge is 0.355 e. The zero-order valence-corrected chi connectivity index (χ0v) is 12.3. The average molecular weight is 274 g/mol. The molecule has 0 spiro atoms. The van der Waals surface area contributed by atoms with Crippen molar-refractivity contribution in [3.8, 4) is 0 Å². The highest BCUT2D eigenvalue weighted by atomic mass is 16.2. The van der Waals surface area contributed by atoms with Gasteiger partial charge in [0, 0.05) is 20.0 Å². The van der Waals surface area contributed by atoms with Crippen LogP contribution in [0.3, 0.4) is 0 Å². The van der Waals surface area contributed by atoms with Crippen molar-refractivity contribution in [2.45, 2.75) is 32.2 Å². The summed E-state index contributed by atoms with van der Waals surface area (Å²) in [6.07, 6.45) is 1.68. The molecule has 1 aromatic heterocycles. The summed E-state index contributed by atoms with van der Waals surface area (Å²) in [6.45, 7) is 4.02. The molecule has 1 aromatic carbocycles. The van der Waals surface area contributed by atoms with Gasteiger partial charge in [-0.25, -0.2) is 4.98 Å². The third-order valence-electron chi connectivity index (χ3n) is 3.33. The van der Waals surface area contributed by atoms with E-state index in [1.54, 1.807) is 13.8 Å². The van der Waals surface area contributed by atoms with E-state index in [2.05, 4.69) is 20.9 Å². The molecule has 0 bridgehead atoms. The van der Waals surface area contributed by atoms with E-state index in [-0.39, 0.29) is 5.91 Å². The Hall–Kier alpha value is -1.88. The van der Waals surface area contributed by atoms with Gasteiger partial charge in [0.15, 0.2) is 0 Å². The van der Waals surface area contributed by atoms with Crippen LogP contribution in [0.15, 0.2) is 24.3 Å². The maximum absolute atomic E-state index is 11.6. The molecule has 5 nitrogen and oxygen atoms in total. The first-order chi connectivity index (χ1) is 9.39. The van der Waals surface area contributed by atoms with E-state index in [9.17, 15) is 4.79 Å². The van der Waals surface area contributed by atoms with Crippen LogP contribution in [0.25, 0.3) is 11.0 Å². The fourth-order valence-electron chi connectivity index (χ4n) is 2.10. The first kappa shape index (κ1) is 14.5. The lowest BCUT2D eigenvalue weighted by atomic mass is 10.1. The van der Waals surface area contributed by atoms with E-state index in [0.717, 1.165) is 29.7 Å². The maximum atomic E-state index is 11.6. The molecule has 1 amide bonds. The number of amides is 1. The Balaban J connectivity index is 1.91. The molecule has 20 heavy (non-hydrogen) atoms. The summed E-state index contributed by atoms with van der Waals surface area (Å²) in [7, 11) is 2.02. The Morgan fingerprint density at radius 3 is 2.75 bits per heavy atom. The van der Waals surface area contributed by atoms with Crippen LogP contribution in [0.1, 0.15) is 26.1 Å². The number of imidazole rings is 1. The molecule has 0 atom stereocenters. The van der Waals surface area contributed by atoms with Crippen LogP contribution >= 0.6 is 0 Å². The molecule has 0 aliphatic carbocycles. The number of rotatable bonds is 5. The van der Waals surface area contributed by atoms with Crippen LogP contribution in [0.4, 0.5) is 0 Å². The van der Waals surface area contributed by atoms with Crippen LogP contribution in [0, 0.1) is 0 Å². The first-order valence-electron chi connectivity index (χ1n) is 6.87. The minimum Gasteiger partial charge on any atom is -0.355 e.